The van der Waals surface area contributed by atoms with Gasteiger partial charge < -0.3 is 9.64 Å². The fourth-order valence-corrected chi connectivity index (χ4v) is 4.49. The molecule has 1 heterocycles. The Kier molecular flexibility index (Phi) is 7.24. The summed E-state index contributed by atoms with van der Waals surface area (Å²) in [5.74, 6) is -0.377. The van der Waals surface area contributed by atoms with Gasteiger partial charge >= 0.3 is 6.09 Å². The Bertz CT molecular complexity index is 1010. The van der Waals surface area contributed by atoms with E-state index in [1.165, 1.54) is 12.1 Å². The fraction of sp³-hybridized carbons (Fsp3) is 0.409. The third-order valence-electron chi connectivity index (χ3n) is 5.59. The summed E-state index contributed by atoms with van der Waals surface area (Å²) in [5.41, 5.74) is 0.689. The first-order chi connectivity index (χ1) is 14.6. The molecule has 1 fully saturated rings. The van der Waals surface area contributed by atoms with Crippen molar-refractivity contribution in [1.29, 1.82) is 0 Å². The summed E-state index contributed by atoms with van der Waals surface area (Å²) in [6, 6.07) is 13.0. The van der Waals surface area contributed by atoms with Crippen molar-refractivity contribution < 1.29 is 22.3 Å². The summed E-state index contributed by atoms with van der Waals surface area (Å²) in [4.78, 5) is 14.7. The lowest BCUT2D eigenvalue weighted by molar-refractivity contribution is -0.0662. The number of hydrogen-bond acceptors (Lipinski definition) is 4. The van der Waals surface area contributed by atoms with E-state index in [2.05, 4.69) is 4.72 Å². The lowest BCUT2D eigenvalue weighted by Gasteiger charge is -2.43. The molecule has 1 amide bonds. The highest BCUT2D eigenvalue weighted by Gasteiger charge is 2.43. The largest absolute Gasteiger partial charge is 0.438 e. The van der Waals surface area contributed by atoms with Gasteiger partial charge in [0.05, 0.1) is 12.3 Å². The summed E-state index contributed by atoms with van der Waals surface area (Å²) >= 11 is 5.96. The number of ether oxygens (including phenoxy) is 1. The summed E-state index contributed by atoms with van der Waals surface area (Å²) in [7, 11) is -3.31. The number of halogens is 2. The van der Waals surface area contributed by atoms with Gasteiger partial charge in [0.1, 0.15) is 11.4 Å². The Balaban J connectivity index is 1.78. The number of sulfonamides is 1. The Hall–Kier alpha value is -2.16. The number of nitrogens with one attached hydrogen (secondary N) is 1. The van der Waals surface area contributed by atoms with Gasteiger partial charge in [0.2, 0.25) is 10.0 Å². The Labute approximate surface area is 187 Å². The molecule has 1 saturated heterocycles. The average Bonchev–Trinajstić information content (AvgIpc) is 2.71. The van der Waals surface area contributed by atoms with E-state index in [0.717, 1.165) is 11.8 Å². The average molecular weight is 469 g/mol. The van der Waals surface area contributed by atoms with Crippen molar-refractivity contribution >= 4 is 27.7 Å². The van der Waals surface area contributed by atoms with Crippen LogP contribution in [0.4, 0.5) is 9.18 Å². The zero-order valence-electron chi connectivity index (χ0n) is 17.5. The summed E-state index contributed by atoms with van der Waals surface area (Å²) in [6.45, 7) is 2.59. The molecule has 0 unspecified atom stereocenters. The van der Waals surface area contributed by atoms with Crippen LogP contribution < -0.4 is 4.72 Å². The van der Waals surface area contributed by atoms with Crippen LogP contribution in [0.5, 0.6) is 0 Å². The molecular formula is C22H26ClFN2O4S. The number of carbonyl (C=O) groups is 1. The number of amides is 1. The number of hydrogen-bond donors (Lipinski definition) is 1. The monoisotopic (exact) mass is 468 g/mol. The van der Waals surface area contributed by atoms with Crippen LogP contribution in [0, 0.1) is 5.82 Å². The van der Waals surface area contributed by atoms with Crippen molar-refractivity contribution in [3.8, 4) is 0 Å². The van der Waals surface area contributed by atoms with Crippen molar-refractivity contribution in [2.75, 3.05) is 19.3 Å². The molecule has 9 heteroatoms. The third-order valence-corrected chi connectivity index (χ3v) is 6.57. The second kappa shape index (κ2) is 9.54. The van der Waals surface area contributed by atoms with E-state index in [1.807, 2.05) is 19.1 Å². The number of benzene rings is 2. The topological polar surface area (TPSA) is 75.7 Å². The molecule has 0 saturated carbocycles. The van der Waals surface area contributed by atoms with Crippen LogP contribution in [0.15, 0.2) is 48.5 Å². The second-order valence-electron chi connectivity index (χ2n) is 7.81. The molecule has 31 heavy (non-hydrogen) atoms. The van der Waals surface area contributed by atoms with Crippen LogP contribution in [0.25, 0.3) is 0 Å². The van der Waals surface area contributed by atoms with Gasteiger partial charge in [0, 0.05) is 24.5 Å². The molecule has 3 rings (SSSR count). The number of rotatable bonds is 8. The van der Waals surface area contributed by atoms with Gasteiger partial charge in [0.15, 0.2) is 0 Å². The van der Waals surface area contributed by atoms with E-state index < -0.39 is 21.7 Å². The van der Waals surface area contributed by atoms with Crippen LogP contribution >= 0.6 is 11.6 Å². The smallest absolute Gasteiger partial charge is 0.411 e. The van der Waals surface area contributed by atoms with E-state index in [0.29, 0.717) is 36.4 Å². The van der Waals surface area contributed by atoms with E-state index in [4.69, 9.17) is 16.3 Å². The van der Waals surface area contributed by atoms with E-state index in [-0.39, 0.29) is 18.4 Å². The van der Waals surface area contributed by atoms with Gasteiger partial charge in [-0.2, -0.15) is 0 Å². The van der Waals surface area contributed by atoms with E-state index >= 15 is 0 Å². The molecule has 0 spiro atoms. The Morgan fingerprint density at radius 2 is 1.84 bits per heavy atom. The molecule has 168 valence electrons. The molecule has 0 bridgehead atoms. The summed E-state index contributed by atoms with van der Waals surface area (Å²) < 4.78 is 44.6. The molecule has 2 aromatic rings. The predicted molar refractivity (Wildman–Crippen MR) is 118 cm³/mol. The molecule has 0 aliphatic carbocycles. The predicted octanol–water partition coefficient (Wildman–Crippen LogP) is 4.61. The summed E-state index contributed by atoms with van der Waals surface area (Å²) in [5, 5.41) is 0.621. The van der Waals surface area contributed by atoms with Crippen molar-refractivity contribution in [2.45, 2.75) is 37.8 Å². The zero-order chi connectivity index (χ0) is 22.6. The molecule has 1 aliphatic rings. The minimum Gasteiger partial charge on any atom is -0.438 e. The number of nitrogens with zero attached hydrogens (tertiary/aromatic N) is 1. The zero-order valence-corrected chi connectivity index (χ0v) is 19.0. The van der Waals surface area contributed by atoms with E-state index in [1.54, 1.807) is 29.2 Å². The van der Waals surface area contributed by atoms with Crippen LogP contribution in [0.3, 0.4) is 0 Å². The quantitative estimate of drug-likeness (QED) is 0.574. The fourth-order valence-electron chi connectivity index (χ4n) is 3.85. The molecule has 2 aromatic carbocycles. The Morgan fingerprint density at radius 3 is 2.42 bits per heavy atom. The molecule has 1 aliphatic heterocycles. The minimum absolute atomic E-state index is 0.206. The van der Waals surface area contributed by atoms with Gasteiger partial charge in [-0.25, -0.2) is 22.3 Å². The van der Waals surface area contributed by atoms with Gasteiger partial charge in [-0.15, -0.1) is 0 Å². The normalized spacial score (nSPS) is 20.4. The third kappa shape index (κ3) is 5.96. The second-order valence-corrected chi connectivity index (χ2v) is 10.1. The first-order valence-electron chi connectivity index (χ1n) is 10.1. The maximum Gasteiger partial charge on any atom is 0.411 e. The van der Waals surface area contributed by atoms with Crippen LogP contribution in [0.2, 0.25) is 5.02 Å². The molecule has 0 radical (unpaired) electrons. The number of cyclic esters (lactones) is 1. The van der Waals surface area contributed by atoms with Gasteiger partial charge in [-0.05, 0) is 55.2 Å². The lowest BCUT2D eigenvalue weighted by Crippen LogP contribution is -2.49. The van der Waals surface area contributed by atoms with Crippen molar-refractivity contribution in [3.63, 3.8) is 0 Å². The van der Waals surface area contributed by atoms with Gasteiger partial charge in [-0.1, -0.05) is 35.9 Å². The maximum absolute atomic E-state index is 13.5. The van der Waals surface area contributed by atoms with Gasteiger partial charge in [-0.3, -0.25) is 0 Å². The molecule has 2 atom stereocenters. The highest BCUT2D eigenvalue weighted by molar-refractivity contribution is 7.88. The Morgan fingerprint density at radius 1 is 1.19 bits per heavy atom. The van der Waals surface area contributed by atoms with Crippen molar-refractivity contribution in [3.05, 3.63) is 70.5 Å². The highest BCUT2D eigenvalue weighted by Crippen LogP contribution is 2.40. The van der Waals surface area contributed by atoms with Crippen molar-refractivity contribution in [2.24, 2.45) is 0 Å². The molecule has 0 aromatic heterocycles. The molecular weight excluding hydrogens is 443 g/mol. The van der Waals surface area contributed by atoms with Crippen LogP contribution in [0.1, 0.15) is 43.4 Å². The van der Waals surface area contributed by atoms with E-state index in [9.17, 15) is 17.6 Å². The standard InChI is InChI=1S/C22H26ClFN2O4S/c1-16(17-4-8-19(23)9-5-17)26-15-13-22(30-21(26)27,12-3-14-25-31(2,28)29)18-6-10-20(24)11-7-18/h4-11,16,25H,3,12-15H2,1-2H3/t16-,22+/m0/s1. The number of carbonyl (C=O) groups excluding carboxylic acids is 1. The SMILES string of the molecule is C[C@@H](c1ccc(Cl)cc1)N1CC[C@](CCCNS(C)(=O)=O)(c2ccc(F)cc2)OC1=O. The molecule has 6 nitrogen and oxygen atoms in total. The summed E-state index contributed by atoms with van der Waals surface area (Å²) in [6.07, 6.45) is 2.01. The molecule has 1 N–H and O–H groups in total. The van der Waals surface area contributed by atoms with Gasteiger partial charge in [0.25, 0.3) is 0 Å². The first-order valence-corrected chi connectivity index (χ1v) is 12.3. The maximum atomic E-state index is 13.5. The van der Waals surface area contributed by atoms with Crippen LogP contribution in [-0.4, -0.2) is 38.8 Å². The lowest BCUT2D eigenvalue weighted by atomic mass is 9.84. The minimum atomic E-state index is -3.31. The first kappa shape index (κ1) is 23.5. The van der Waals surface area contributed by atoms with Crippen molar-refractivity contribution in [1.82, 2.24) is 9.62 Å². The van der Waals surface area contributed by atoms with Crippen LogP contribution in [-0.2, 0) is 20.4 Å². The highest BCUT2D eigenvalue weighted by atomic mass is 35.5.